The van der Waals surface area contributed by atoms with E-state index in [0.717, 1.165) is 4.68 Å². The summed E-state index contributed by atoms with van der Waals surface area (Å²) in [5.41, 5.74) is -0.510. The van der Waals surface area contributed by atoms with E-state index in [-0.39, 0.29) is 6.07 Å². The fourth-order valence-electron chi connectivity index (χ4n) is 1.90. The minimum absolute atomic E-state index is 0.167. The van der Waals surface area contributed by atoms with Crippen LogP contribution < -0.4 is 0 Å². The Morgan fingerprint density at radius 3 is 2.21 bits per heavy atom. The Balaban J connectivity index is 2.39. The van der Waals surface area contributed by atoms with Gasteiger partial charge in [0.05, 0.1) is 11.7 Å². The molecule has 0 atom stereocenters. The number of hydrogen-bond donors (Lipinski definition) is 0. The smallest absolute Gasteiger partial charge is 0.187 e. The van der Waals surface area contributed by atoms with E-state index in [1.165, 1.54) is 6.20 Å². The SMILES string of the molecule is Fc1cc(F)c(F)c(-n2ncc3ccccc32)c1F. The second-order valence-electron chi connectivity index (χ2n) is 3.93. The lowest BCUT2D eigenvalue weighted by Gasteiger charge is -2.08. The van der Waals surface area contributed by atoms with Crippen molar-refractivity contribution in [2.75, 3.05) is 0 Å². The zero-order valence-electron chi connectivity index (χ0n) is 9.37. The number of benzene rings is 2. The lowest BCUT2D eigenvalue weighted by Crippen LogP contribution is -2.07. The van der Waals surface area contributed by atoms with Crippen LogP contribution in [0.3, 0.4) is 0 Å². The Hall–Kier alpha value is -2.37. The standard InChI is InChI=1S/C13H6F4N2/c14-8-5-9(15)12(17)13(11(8)16)19-10-4-2-1-3-7(10)6-18-19/h1-6H. The molecular formula is C13H6F4N2. The minimum atomic E-state index is -1.48. The zero-order chi connectivity index (χ0) is 13.6. The van der Waals surface area contributed by atoms with Crippen LogP contribution in [0.25, 0.3) is 16.6 Å². The fourth-order valence-corrected chi connectivity index (χ4v) is 1.90. The number of rotatable bonds is 1. The molecule has 0 unspecified atom stereocenters. The molecule has 0 aliphatic heterocycles. The Morgan fingerprint density at radius 1 is 0.895 bits per heavy atom. The van der Waals surface area contributed by atoms with Gasteiger partial charge in [0.25, 0.3) is 0 Å². The largest absolute Gasteiger partial charge is 0.227 e. The van der Waals surface area contributed by atoms with E-state index < -0.39 is 29.0 Å². The number of aromatic nitrogens is 2. The minimum Gasteiger partial charge on any atom is -0.227 e. The Morgan fingerprint density at radius 2 is 1.53 bits per heavy atom. The van der Waals surface area contributed by atoms with Crippen LogP contribution in [0, 0.1) is 23.3 Å². The highest BCUT2D eigenvalue weighted by atomic mass is 19.2. The molecule has 0 saturated carbocycles. The van der Waals surface area contributed by atoms with Crippen molar-refractivity contribution in [3.8, 4) is 5.69 Å². The van der Waals surface area contributed by atoms with E-state index in [4.69, 9.17) is 0 Å². The van der Waals surface area contributed by atoms with Gasteiger partial charge in [0.1, 0.15) is 5.69 Å². The van der Waals surface area contributed by atoms with E-state index >= 15 is 0 Å². The summed E-state index contributed by atoms with van der Waals surface area (Å²) in [6.07, 6.45) is 1.36. The molecule has 0 radical (unpaired) electrons. The van der Waals surface area contributed by atoms with Gasteiger partial charge in [-0.25, -0.2) is 22.2 Å². The third kappa shape index (κ3) is 1.68. The highest BCUT2D eigenvalue weighted by Crippen LogP contribution is 2.25. The molecule has 0 bridgehead atoms. The third-order valence-corrected chi connectivity index (χ3v) is 2.78. The maximum absolute atomic E-state index is 13.7. The lowest BCUT2D eigenvalue weighted by molar-refractivity contribution is 0.445. The van der Waals surface area contributed by atoms with Crippen LogP contribution in [0.2, 0.25) is 0 Å². The van der Waals surface area contributed by atoms with E-state index in [9.17, 15) is 17.6 Å². The first-order valence-electron chi connectivity index (χ1n) is 5.35. The molecule has 2 aromatic carbocycles. The van der Waals surface area contributed by atoms with Crippen LogP contribution in [-0.4, -0.2) is 9.78 Å². The normalized spacial score (nSPS) is 11.2. The van der Waals surface area contributed by atoms with Gasteiger partial charge in [-0.15, -0.1) is 0 Å². The number of hydrogen-bond acceptors (Lipinski definition) is 1. The quantitative estimate of drug-likeness (QED) is 0.486. The molecule has 3 rings (SSSR count). The van der Waals surface area contributed by atoms with Crippen molar-refractivity contribution in [2.24, 2.45) is 0 Å². The second kappa shape index (κ2) is 4.08. The van der Waals surface area contributed by atoms with Crippen LogP contribution in [0.4, 0.5) is 17.6 Å². The van der Waals surface area contributed by atoms with Crippen molar-refractivity contribution < 1.29 is 17.6 Å². The molecule has 0 fully saturated rings. The van der Waals surface area contributed by atoms with Crippen molar-refractivity contribution >= 4 is 10.9 Å². The number of halogens is 4. The summed E-state index contributed by atoms with van der Waals surface area (Å²) in [5, 5.41) is 4.38. The van der Waals surface area contributed by atoms with E-state index in [2.05, 4.69) is 5.10 Å². The molecule has 0 aliphatic rings. The average Bonchev–Trinajstić information content (AvgIpc) is 2.81. The fraction of sp³-hybridized carbons (Fsp3) is 0. The molecule has 0 amide bonds. The second-order valence-corrected chi connectivity index (χ2v) is 3.93. The Kier molecular flexibility index (Phi) is 2.51. The number of nitrogens with zero attached hydrogens (tertiary/aromatic N) is 2. The molecule has 19 heavy (non-hydrogen) atoms. The predicted molar refractivity (Wildman–Crippen MR) is 60.9 cm³/mol. The highest BCUT2D eigenvalue weighted by molar-refractivity contribution is 5.80. The van der Waals surface area contributed by atoms with Gasteiger partial charge in [-0.3, -0.25) is 0 Å². The molecule has 1 heterocycles. The molecule has 0 N–H and O–H groups in total. The molecular weight excluding hydrogens is 260 g/mol. The summed E-state index contributed by atoms with van der Waals surface area (Å²) in [7, 11) is 0. The summed E-state index contributed by atoms with van der Waals surface area (Å²) in [6.45, 7) is 0. The zero-order valence-corrected chi connectivity index (χ0v) is 9.37. The van der Waals surface area contributed by atoms with Gasteiger partial charge in [0.15, 0.2) is 23.3 Å². The Bertz CT molecular complexity index is 753. The highest BCUT2D eigenvalue weighted by Gasteiger charge is 2.22. The predicted octanol–water partition coefficient (Wildman–Crippen LogP) is 3.58. The number of para-hydroxylation sites is 1. The molecule has 0 spiro atoms. The van der Waals surface area contributed by atoms with E-state index in [0.29, 0.717) is 10.9 Å². The first-order valence-corrected chi connectivity index (χ1v) is 5.35. The maximum atomic E-state index is 13.7. The van der Waals surface area contributed by atoms with Crippen molar-refractivity contribution in [3.05, 3.63) is 59.8 Å². The first-order chi connectivity index (χ1) is 9.09. The van der Waals surface area contributed by atoms with Gasteiger partial charge in [0.2, 0.25) is 0 Å². The van der Waals surface area contributed by atoms with Gasteiger partial charge in [-0.05, 0) is 6.07 Å². The summed E-state index contributed by atoms with van der Waals surface area (Å²) in [5.74, 6) is -5.89. The number of fused-ring (bicyclic) bond motifs is 1. The lowest BCUT2D eigenvalue weighted by atomic mass is 10.2. The summed E-state index contributed by atoms with van der Waals surface area (Å²) >= 11 is 0. The van der Waals surface area contributed by atoms with Crippen LogP contribution in [0.1, 0.15) is 0 Å². The maximum Gasteiger partial charge on any atom is 0.187 e. The van der Waals surface area contributed by atoms with E-state index in [1.54, 1.807) is 24.3 Å². The molecule has 0 saturated heterocycles. The summed E-state index contributed by atoms with van der Waals surface area (Å²) in [4.78, 5) is 0. The monoisotopic (exact) mass is 266 g/mol. The molecule has 6 heteroatoms. The van der Waals surface area contributed by atoms with Crippen LogP contribution in [0.15, 0.2) is 36.5 Å². The van der Waals surface area contributed by atoms with Crippen molar-refractivity contribution in [1.29, 1.82) is 0 Å². The van der Waals surface area contributed by atoms with Gasteiger partial charge < -0.3 is 0 Å². The van der Waals surface area contributed by atoms with Crippen molar-refractivity contribution in [2.45, 2.75) is 0 Å². The van der Waals surface area contributed by atoms with Crippen molar-refractivity contribution in [1.82, 2.24) is 9.78 Å². The molecule has 0 aliphatic carbocycles. The van der Waals surface area contributed by atoms with Crippen LogP contribution in [0.5, 0.6) is 0 Å². The van der Waals surface area contributed by atoms with Crippen molar-refractivity contribution in [3.63, 3.8) is 0 Å². The van der Waals surface area contributed by atoms with Gasteiger partial charge in [-0.2, -0.15) is 5.10 Å². The summed E-state index contributed by atoms with van der Waals surface area (Å²) < 4.78 is 54.6. The van der Waals surface area contributed by atoms with Crippen LogP contribution in [-0.2, 0) is 0 Å². The molecule has 3 aromatic rings. The average molecular weight is 266 g/mol. The van der Waals surface area contributed by atoms with Gasteiger partial charge >= 0.3 is 0 Å². The van der Waals surface area contributed by atoms with E-state index in [1.807, 2.05) is 0 Å². The molecule has 96 valence electrons. The first kappa shape index (κ1) is 11.7. The van der Waals surface area contributed by atoms with Gasteiger partial charge in [0, 0.05) is 11.5 Å². The Labute approximate surface area is 104 Å². The van der Waals surface area contributed by atoms with Crippen LogP contribution >= 0.6 is 0 Å². The van der Waals surface area contributed by atoms with Gasteiger partial charge in [-0.1, -0.05) is 18.2 Å². The molecule has 1 aromatic heterocycles. The topological polar surface area (TPSA) is 17.8 Å². The third-order valence-electron chi connectivity index (χ3n) is 2.78. The molecule has 2 nitrogen and oxygen atoms in total. The summed E-state index contributed by atoms with van der Waals surface area (Å²) in [6, 6.07) is 6.73.